The first-order chi connectivity index (χ1) is 12.6. The van der Waals surface area contributed by atoms with Gasteiger partial charge in [0.05, 0.1) is 19.4 Å². The van der Waals surface area contributed by atoms with Gasteiger partial charge in [-0.25, -0.2) is 4.79 Å². The van der Waals surface area contributed by atoms with Gasteiger partial charge in [0.1, 0.15) is 0 Å². The number of halogens is 1. The van der Waals surface area contributed by atoms with E-state index in [1.807, 2.05) is 42.5 Å². The standard InChI is InChI=1S/C18H11Cl.C4H6O3/c19-18-11-8-14(9-12-18)5-6-15-7-10-16-3-1-2-4-17(16)13-15;1-7-3-2-4(5)6/h1-4,7-13H;2-3H,1H3,(H,5,6). The van der Waals surface area contributed by atoms with Crippen LogP contribution in [0.25, 0.3) is 10.8 Å². The molecule has 0 amide bonds. The van der Waals surface area contributed by atoms with Crippen molar-refractivity contribution in [1.82, 2.24) is 0 Å². The Morgan fingerprint density at radius 1 is 0.962 bits per heavy atom. The summed E-state index contributed by atoms with van der Waals surface area (Å²) in [5.74, 6) is 5.33. The van der Waals surface area contributed by atoms with Crippen LogP contribution in [0.1, 0.15) is 11.1 Å². The molecule has 0 saturated carbocycles. The molecule has 0 spiro atoms. The molecule has 0 bridgehead atoms. The van der Waals surface area contributed by atoms with E-state index in [0.717, 1.165) is 28.5 Å². The molecule has 0 unspecified atom stereocenters. The quantitative estimate of drug-likeness (QED) is 0.390. The first-order valence-corrected chi connectivity index (χ1v) is 8.15. The monoisotopic (exact) mass is 364 g/mol. The molecule has 3 rings (SSSR count). The SMILES string of the molecule is COC=CC(=O)O.Clc1ccc(C#Cc2ccc3ccccc3c2)cc1. The van der Waals surface area contributed by atoms with Gasteiger partial charge in [0.15, 0.2) is 0 Å². The summed E-state index contributed by atoms with van der Waals surface area (Å²) in [5.41, 5.74) is 1.99. The minimum absolute atomic E-state index is 0.733. The van der Waals surface area contributed by atoms with Crippen molar-refractivity contribution in [2.24, 2.45) is 0 Å². The largest absolute Gasteiger partial charge is 0.504 e. The zero-order chi connectivity index (χ0) is 18.8. The summed E-state index contributed by atoms with van der Waals surface area (Å²) < 4.78 is 4.29. The number of carboxylic acids is 1. The highest BCUT2D eigenvalue weighted by Gasteiger charge is 1.93. The Kier molecular flexibility index (Phi) is 7.30. The van der Waals surface area contributed by atoms with Gasteiger partial charge in [-0.05, 0) is 47.2 Å². The van der Waals surface area contributed by atoms with Gasteiger partial charge in [0.25, 0.3) is 0 Å². The summed E-state index contributed by atoms with van der Waals surface area (Å²) in [6, 6.07) is 22.1. The van der Waals surface area contributed by atoms with Gasteiger partial charge in [0, 0.05) is 16.1 Å². The summed E-state index contributed by atoms with van der Waals surface area (Å²) in [6.45, 7) is 0. The number of hydrogen-bond donors (Lipinski definition) is 1. The predicted octanol–water partition coefficient (Wildman–Crippen LogP) is 5.12. The molecule has 3 nitrogen and oxygen atoms in total. The first-order valence-electron chi connectivity index (χ1n) is 7.77. The maximum absolute atomic E-state index is 9.59. The molecule has 0 aromatic heterocycles. The first kappa shape index (κ1) is 19.1. The van der Waals surface area contributed by atoms with Crippen molar-refractivity contribution in [1.29, 1.82) is 0 Å². The fraction of sp³-hybridized carbons (Fsp3) is 0.0455. The van der Waals surface area contributed by atoms with E-state index < -0.39 is 5.97 Å². The number of fused-ring (bicyclic) bond motifs is 1. The Labute approximate surface area is 157 Å². The second-order valence-electron chi connectivity index (χ2n) is 5.20. The number of ether oxygens (including phenoxy) is 1. The van der Waals surface area contributed by atoms with E-state index in [9.17, 15) is 4.79 Å². The number of aliphatic carboxylic acids is 1. The number of carboxylic acid groups (broad SMARTS) is 1. The van der Waals surface area contributed by atoms with E-state index in [2.05, 4.69) is 40.8 Å². The molecular formula is C22H17ClO3. The lowest BCUT2D eigenvalue weighted by atomic mass is 10.1. The topological polar surface area (TPSA) is 46.5 Å². The number of rotatable bonds is 2. The van der Waals surface area contributed by atoms with Crippen LogP contribution in [0.3, 0.4) is 0 Å². The maximum atomic E-state index is 9.59. The van der Waals surface area contributed by atoms with Crippen molar-refractivity contribution in [3.8, 4) is 11.8 Å². The highest BCUT2D eigenvalue weighted by molar-refractivity contribution is 6.30. The van der Waals surface area contributed by atoms with Crippen LogP contribution in [-0.2, 0) is 9.53 Å². The van der Waals surface area contributed by atoms with Crippen LogP contribution in [0.2, 0.25) is 5.02 Å². The molecule has 0 radical (unpaired) electrons. The summed E-state index contributed by atoms with van der Waals surface area (Å²) in [6.07, 6.45) is 2.02. The highest BCUT2D eigenvalue weighted by Crippen LogP contribution is 2.15. The molecule has 130 valence electrons. The third-order valence-corrected chi connectivity index (χ3v) is 3.54. The van der Waals surface area contributed by atoms with E-state index in [1.54, 1.807) is 0 Å². The number of benzene rings is 3. The van der Waals surface area contributed by atoms with E-state index in [0.29, 0.717) is 0 Å². The minimum atomic E-state index is -0.998. The van der Waals surface area contributed by atoms with Gasteiger partial charge in [-0.1, -0.05) is 53.8 Å². The third-order valence-electron chi connectivity index (χ3n) is 3.29. The minimum Gasteiger partial charge on any atom is -0.504 e. The fourth-order valence-corrected chi connectivity index (χ4v) is 2.20. The molecule has 1 N–H and O–H groups in total. The lowest BCUT2D eigenvalue weighted by molar-refractivity contribution is -0.131. The summed E-state index contributed by atoms with van der Waals surface area (Å²) >= 11 is 5.85. The van der Waals surface area contributed by atoms with E-state index in [1.165, 1.54) is 17.9 Å². The van der Waals surface area contributed by atoms with Crippen LogP contribution in [0.15, 0.2) is 79.1 Å². The van der Waals surface area contributed by atoms with Gasteiger partial charge in [-0.15, -0.1) is 0 Å². The molecular weight excluding hydrogens is 348 g/mol. The smallest absolute Gasteiger partial charge is 0.331 e. The normalized spacial score (nSPS) is 9.77. The van der Waals surface area contributed by atoms with Gasteiger partial charge < -0.3 is 9.84 Å². The molecule has 0 fully saturated rings. The Morgan fingerprint density at radius 2 is 1.58 bits per heavy atom. The average Bonchev–Trinajstić information content (AvgIpc) is 2.66. The van der Waals surface area contributed by atoms with Crippen molar-refractivity contribution in [3.63, 3.8) is 0 Å². The number of methoxy groups -OCH3 is 1. The van der Waals surface area contributed by atoms with Gasteiger partial charge >= 0.3 is 5.97 Å². The predicted molar refractivity (Wildman–Crippen MR) is 105 cm³/mol. The van der Waals surface area contributed by atoms with Crippen LogP contribution in [0.4, 0.5) is 0 Å². The van der Waals surface area contributed by atoms with Crippen molar-refractivity contribution in [2.45, 2.75) is 0 Å². The molecule has 0 aliphatic heterocycles. The summed E-state index contributed by atoms with van der Waals surface area (Å²) in [4.78, 5) is 9.59. The van der Waals surface area contributed by atoms with Gasteiger partial charge in [-0.3, -0.25) is 0 Å². The van der Waals surface area contributed by atoms with Crippen molar-refractivity contribution >= 4 is 28.3 Å². The second-order valence-corrected chi connectivity index (χ2v) is 5.63. The second kappa shape index (κ2) is 9.93. The third kappa shape index (κ3) is 6.35. The molecule has 0 aliphatic carbocycles. The van der Waals surface area contributed by atoms with Crippen LogP contribution in [-0.4, -0.2) is 18.2 Å². The van der Waals surface area contributed by atoms with E-state index in [-0.39, 0.29) is 0 Å². The lowest BCUT2D eigenvalue weighted by Crippen LogP contribution is -1.85. The van der Waals surface area contributed by atoms with Crippen molar-refractivity contribution in [2.75, 3.05) is 7.11 Å². The van der Waals surface area contributed by atoms with E-state index >= 15 is 0 Å². The Morgan fingerprint density at radius 3 is 2.19 bits per heavy atom. The molecule has 4 heteroatoms. The average molecular weight is 365 g/mol. The van der Waals surface area contributed by atoms with Crippen LogP contribution < -0.4 is 0 Å². The molecule has 3 aromatic carbocycles. The zero-order valence-corrected chi connectivity index (χ0v) is 14.9. The fourth-order valence-electron chi connectivity index (χ4n) is 2.07. The molecule has 0 saturated heterocycles. The van der Waals surface area contributed by atoms with Gasteiger partial charge in [0.2, 0.25) is 0 Å². The highest BCUT2D eigenvalue weighted by atomic mass is 35.5. The molecule has 0 heterocycles. The molecule has 0 aliphatic rings. The molecule has 26 heavy (non-hydrogen) atoms. The Hall–Kier alpha value is -3.22. The Bertz CT molecular complexity index is 964. The van der Waals surface area contributed by atoms with Crippen LogP contribution >= 0.6 is 11.6 Å². The Balaban J connectivity index is 0.000000298. The summed E-state index contributed by atoms with van der Waals surface area (Å²) in [7, 11) is 1.39. The van der Waals surface area contributed by atoms with Gasteiger partial charge in [-0.2, -0.15) is 0 Å². The number of hydrogen-bond acceptors (Lipinski definition) is 2. The maximum Gasteiger partial charge on any atom is 0.331 e. The lowest BCUT2D eigenvalue weighted by Gasteiger charge is -1.97. The molecule has 3 aromatic rings. The van der Waals surface area contributed by atoms with Crippen molar-refractivity contribution < 1.29 is 14.6 Å². The van der Waals surface area contributed by atoms with Crippen LogP contribution in [0.5, 0.6) is 0 Å². The molecule has 0 atom stereocenters. The number of carbonyl (C=O) groups is 1. The zero-order valence-electron chi connectivity index (χ0n) is 14.1. The summed E-state index contributed by atoms with van der Waals surface area (Å²) in [5, 5.41) is 11.1. The van der Waals surface area contributed by atoms with E-state index in [4.69, 9.17) is 16.7 Å². The van der Waals surface area contributed by atoms with Crippen molar-refractivity contribution in [3.05, 3.63) is 95.2 Å². The van der Waals surface area contributed by atoms with Crippen LogP contribution in [0, 0.1) is 11.8 Å².